The third-order valence-electron chi connectivity index (χ3n) is 8.40. The minimum Gasteiger partial charge on any atom is -0.511 e. The van der Waals surface area contributed by atoms with E-state index >= 15 is 4.39 Å². The summed E-state index contributed by atoms with van der Waals surface area (Å²) in [5.74, 6) is -8.35. The van der Waals surface area contributed by atoms with Crippen LogP contribution in [-0.4, -0.2) is 81.7 Å². The summed E-state index contributed by atoms with van der Waals surface area (Å²) < 4.78 is 16.2. The maximum atomic E-state index is 16.2. The van der Waals surface area contributed by atoms with Crippen LogP contribution in [0.5, 0.6) is 5.75 Å². The lowest BCUT2D eigenvalue weighted by Gasteiger charge is -2.46. The summed E-state index contributed by atoms with van der Waals surface area (Å²) in [4.78, 5) is 55.2. The second-order valence-corrected chi connectivity index (χ2v) is 11.8. The summed E-state index contributed by atoms with van der Waals surface area (Å²) in [6.07, 6.45) is 0.0589. The number of phenolic OH excluding ortho intramolecular Hbond substituents is 1. The molecule has 6 N–H and O–H groups in total. The fraction of sp³-hybridized carbons (Fsp3) is 0.500. The molecule has 2 amide bonds. The lowest BCUT2D eigenvalue weighted by Crippen LogP contribution is -2.53. The molecule has 0 aromatic heterocycles. The van der Waals surface area contributed by atoms with Gasteiger partial charge in [-0.1, -0.05) is 13.8 Å². The fourth-order valence-electron chi connectivity index (χ4n) is 7.01. The van der Waals surface area contributed by atoms with Crippen LogP contribution in [0.3, 0.4) is 0 Å². The Morgan fingerprint density at radius 3 is 2.40 bits per heavy atom. The lowest BCUT2D eigenvalue weighted by atomic mass is 9.61. The summed E-state index contributed by atoms with van der Waals surface area (Å²) in [5.41, 5.74) is 4.10. The Hall–Kier alpha value is -3.77. The highest BCUT2D eigenvalue weighted by Gasteiger charge is 2.55. The average molecular weight is 557 g/mol. The van der Waals surface area contributed by atoms with Crippen LogP contribution in [-0.2, 0) is 27.3 Å². The number of benzene rings is 1. The van der Waals surface area contributed by atoms with Gasteiger partial charge >= 0.3 is 0 Å². The quantitative estimate of drug-likeness (QED) is 0.272. The van der Waals surface area contributed by atoms with E-state index in [2.05, 4.69) is 5.32 Å². The van der Waals surface area contributed by atoms with E-state index in [0.29, 0.717) is 6.54 Å². The number of aliphatic hydroxyl groups is 2. The molecule has 5 rings (SSSR count). The third kappa shape index (κ3) is 4.08. The number of Topliss-reactive ketones (excluding diaryl/α,β-unsaturated/α-hetero) is 2. The largest absolute Gasteiger partial charge is 0.511 e. The Morgan fingerprint density at radius 1 is 1.12 bits per heavy atom. The van der Waals surface area contributed by atoms with Gasteiger partial charge in [-0.15, -0.1) is 0 Å². The number of likely N-dealkylation sites (N-methyl/N-ethyl adjacent to an activating group) is 1. The van der Waals surface area contributed by atoms with E-state index < -0.39 is 75.8 Å². The molecule has 4 atom stereocenters. The highest BCUT2D eigenvalue weighted by atomic mass is 19.1. The number of aromatic hydroxyl groups is 1. The number of rotatable bonds is 4. The normalized spacial score (nSPS) is 26.8. The molecule has 0 radical (unpaired) electrons. The molecule has 0 saturated carbocycles. The molecule has 1 aromatic carbocycles. The molecule has 4 aliphatic rings. The first-order chi connectivity index (χ1) is 18.7. The molecule has 11 nitrogen and oxygen atoms in total. The van der Waals surface area contributed by atoms with E-state index in [1.165, 1.54) is 0 Å². The van der Waals surface area contributed by atoms with E-state index in [4.69, 9.17) is 5.73 Å². The first-order valence-corrected chi connectivity index (χ1v) is 13.2. The van der Waals surface area contributed by atoms with E-state index in [1.54, 1.807) is 23.9 Å². The van der Waals surface area contributed by atoms with Gasteiger partial charge in [0.25, 0.3) is 5.91 Å². The molecule has 214 valence electrons. The Balaban J connectivity index is 1.65. The van der Waals surface area contributed by atoms with Crippen LogP contribution < -0.4 is 11.1 Å². The first-order valence-electron chi connectivity index (χ1n) is 13.2. The number of carbonyl (C=O) groups excluding carboxylic acids is 4. The van der Waals surface area contributed by atoms with E-state index in [0.717, 1.165) is 0 Å². The van der Waals surface area contributed by atoms with Gasteiger partial charge in [-0.05, 0) is 44.7 Å². The van der Waals surface area contributed by atoms with Gasteiger partial charge in [0.1, 0.15) is 22.9 Å². The van der Waals surface area contributed by atoms with Crippen LogP contribution >= 0.6 is 0 Å². The predicted octanol–water partition coefficient (Wildman–Crippen LogP) is 1.55. The van der Waals surface area contributed by atoms with Crippen molar-refractivity contribution in [2.75, 3.05) is 32.5 Å². The molecular formula is C28H33FN4O7. The van der Waals surface area contributed by atoms with Crippen molar-refractivity contribution in [2.45, 2.75) is 39.3 Å². The SMILES string of the molecule is CC(C)CN1CC(=O)Nc2c(O)c3c(c(F)c2C1)C[C@H]1CC2C(C(=O)C(C(N)=O)=C(O)[C@H]2N(C)C)C(O)=C1C3=O. The van der Waals surface area contributed by atoms with Crippen molar-refractivity contribution in [3.05, 3.63) is 45.2 Å². The fourth-order valence-corrected chi connectivity index (χ4v) is 7.01. The van der Waals surface area contributed by atoms with Gasteiger partial charge in [0.15, 0.2) is 17.3 Å². The average Bonchev–Trinajstić information content (AvgIpc) is 2.99. The first kappa shape index (κ1) is 27.8. The molecule has 1 aliphatic heterocycles. The van der Waals surface area contributed by atoms with Crippen molar-refractivity contribution < 1.29 is 38.9 Å². The summed E-state index contributed by atoms with van der Waals surface area (Å²) in [6.45, 7) is 4.48. The molecule has 40 heavy (non-hydrogen) atoms. The maximum absolute atomic E-state index is 16.2. The molecule has 2 unspecified atom stereocenters. The van der Waals surface area contributed by atoms with Gasteiger partial charge in [-0.2, -0.15) is 0 Å². The number of hydrogen-bond donors (Lipinski definition) is 5. The number of phenols is 1. The van der Waals surface area contributed by atoms with Crippen LogP contribution in [0.4, 0.5) is 10.1 Å². The predicted molar refractivity (Wildman–Crippen MR) is 141 cm³/mol. The van der Waals surface area contributed by atoms with Crippen LogP contribution in [0.1, 0.15) is 41.8 Å². The molecule has 0 bridgehead atoms. The van der Waals surface area contributed by atoms with Crippen LogP contribution in [0.2, 0.25) is 0 Å². The van der Waals surface area contributed by atoms with Crippen molar-refractivity contribution >= 4 is 29.1 Å². The number of halogens is 1. The molecule has 0 spiro atoms. The van der Waals surface area contributed by atoms with Gasteiger partial charge < -0.3 is 26.4 Å². The van der Waals surface area contributed by atoms with E-state index in [-0.39, 0.29) is 59.8 Å². The number of amides is 2. The van der Waals surface area contributed by atoms with Crippen molar-refractivity contribution in [1.82, 2.24) is 9.80 Å². The number of aliphatic hydroxyl groups excluding tert-OH is 2. The van der Waals surface area contributed by atoms with E-state index in [9.17, 15) is 34.5 Å². The Labute approximate surface area is 230 Å². The number of primary amides is 1. The number of nitrogens with one attached hydrogen (secondary N) is 1. The van der Waals surface area contributed by atoms with Crippen molar-refractivity contribution in [3.63, 3.8) is 0 Å². The number of nitrogens with two attached hydrogens (primary N) is 1. The minimum absolute atomic E-state index is 0.0188. The summed E-state index contributed by atoms with van der Waals surface area (Å²) in [6, 6.07) is -0.865. The van der Waals surface area contributed by atoms with Gasteiger partial charge in [0.05, 0.1) is 29.8 Å². The molecule has 12 heteroatoms. The summed E-state index contributed by atoms with van der Waals surface area (Å²) >= 11 is 0. The standard InChI is InChI=1S/C28H33FN4O7/c1-10(2)7-33-8-14-20(29)12-5-11-6-13-18(25(37)19(28(30)40)27(39)22(13)32(3)4)24(36)16(11)23(35)17(12)26(38)21(14)31-15(34)9-33/h10-11,13,18,22,36,38-39H,5-9H2,1-4H3,(H2,30,40)(H,31,34)/t11-,13?,18?,22-/m0/s1. The number of allylic oxidation sites excluding steroid dienone is 2. The Kier molecular flexibility index (Phi) is 6.74. The van der Waals surface area contributed by atoms with Crippen LogP contribution in [0.15, 0.2) is 22.7 Å². The zero-order valence-electron chi connectivity index (χ0n) is 22.7. The van der Waals surface area contributed by atoms with Crippen LogP contribution in [0.25, 0.3) is 0 Å². The minimum atomic E-state index is -1.33. The van der Waals surface area contributed by atoms with Gasteiger partial charge in [-0.25, -0.2) is 4.39 Å². The number of nitrogens with zero attached hydrogens (tertiary/aromatic N) is 2. The topological polar surface area (TPSA) is 174 Å². The molecule has 1 heterocycles. The summed E-state index contributed by atoms with van der Waals surface area (Å²) in [7, 11) is 3.27. The van der Waals surface area contributed by atoms with Gasteiger partial charge in [0, 0.05) is 29.8 Å². The Morgan fingerprint density at radius 2 is 1.80 bits per heavy atom. The number of carbonyl (C=O) groups is 4. The molecule has 0 fully saturated rings. The number of hydrogen-bond acceptors (Lipinski definition) is 9. The molecule has 3 aliphatic carbocycles. The van der Waals surface area contributed by atoms with Gasteiger partial charge in [-0.3, -0.25) is 29.0 Å². The summed E-state index contributed by atoms with van der Waals surface area (Å²) in [5, 5.41) is 36.0. The van der Waals surface area contributed by atoms with Crippen molar-refractivity contribution in [1.29, 1.82) is 0 Å². The number of ketones is 2. The third-order valence-corrected chi connectivity index (χ3v) is 8.40. The second kappa shape index (κ2) is 9.70. The smallest absolute Gasteiger partial charge is 0.255 e. The van der Waals surface area contributed by atoms with Gasteiger partial charge in [0.2, 0.25) is 5.91 Å². The number of fused-ring (bicyclic) bond motifs is 4. The Bertz CT molecular complexity index is 1430. The van der Waals surface area contributed by atoms with E-state index in [1.807, 2.05) is 13.8 Å². The van der Waals surface area contributed by atoms with Crippen molar-refractivity contribution in [3.8, 4) is 5.75 Å². The maximum Gasteiger partial charge on any atom is 0.255 e. The highest BCUT2D eigenvalue weighted by Crippen LogP contribution is 2.52. The zero-order chi connectivity index (χ0) is 29.4. The zero-order valence-corrected chi connectivity index (χ0v) is 22.7. The monoisotopic (exact) mass is 556 g/mol. The molecule has 1 aromatic rings. The highest BCUT2D eigenvalue weighted by molar-refractivity contribution is 6.22. The lowest BCUT2D eigenvalue weighted by molar-refractivity contribution is -0.127. The second-order valence-electron chi connectivity index (χ2n) is 11.8. The molecule has 0 saturated heterocycles. The number of anilines is 1. The van der Waals surface area contributed by atoms with Crippen molar-refractivity contribution in [2.24, 2.45) is 29.4 Å². The van der Waals surface area contributed by atoms with Crippen LogP contribution in [0, 0.1) is 29.5 Å². The molecular weight excluding hydrogens is 523 g/mol.